The van der Waals surface area contributed by atoms with Crippen molar-refractivity contribution in [2.75, 3.05) is 13.1 Å². The summed E-state index contributed by atoms with van der Waals surface area (Å²) in [6, 6.07) is 2.01. The molecule has 0 aliphatic rings. The molecule has 0 unspecified atom stereocenters. The van der Waals surface area contributed by atoms with Crippen LogP contribution in [-0.2, 0) is 0 Å². The van der Waals surface area contributed by atoms with Crippen LogP contribution >= 0.6 is 12.2 Å². The Bertz CT molecular complexity index is 151. The zero-order valence-corrected chi connectivity index (χ0v) is 7.29. The average molecular weight is 172 g/mol. The zero-order valence-electron chi connectivity index (χ0n) is 6.48. The Balaban J connectivity index is 3.12. The highest BCUT2D eigenvalue weighted by molar-refractivity contribution is 7.80. The van der Waals surface area contributed by atoms with Crippen molar-refractivity contribution in [1.29, 1.82) is 5.26 Å². The molecule has 0 radical (unpaired) electrons. The molecule has 0 spiro atoms. The molecule has 5 heteroatoms. The molecule has 0 bridgehead atoms. The highest BCUT2D eigenvalue weighted by Crippen LogP contribution is 1.67. The third-order valence-corrected chi connectivity index (χ3v) is 1.15. The lowest BCUT2D eigenvalue weighted by Crippen LogP contribution is -2.44. The number of hydrogen-bond donors (Lipinski definition) is 3. The SMILES string of the molecule is CCNC(=S)NNCCC#N. The van der Waals surface area contributed by atoms with Gasteiger partial charge in [-0.25, -0.2) is 5.43 Å². The lowest BCUT2D eigenvalue weighted by molar-refractivity contribution is 0.651. The maximum Gasteiger partial charge on any atom is 0.180 e. The number of hydrazine groups is 1. The van der Waals surface area contributed by atoms with Gasteiger partial charge in [-0.3, -0.25) is 5.43 Å². The molecule has 11 heavy (non-hydrogen) atoms. The van der Waals surface area contributed by atoms with Crippen LogP contribution in [0.3, 0.4) is 0 Å². The minimum Gasteiger partial charge on any atom is -0.362 e. The zero-order chi connectivity index (χ0) is 8.53. The Kier molecular flexibility index (Phi) is 6.68. The Hall–Kier alpha value is -0.860. The molecule has 0 aromatic heterocycles. The second kappa shape index (κ2) is 7.25. The molecule has 0 saturated carbocycles. The molecule has 4 nitrogen and oxygen atoms in total. The predicted octanol–water partition coefficient (Wildman–Crippen LogP) is -0.111. The van der Waals surface area contributed by atoms with E-state index < -0.39 is 0 Å². The summed E-state index contributed by atoms with van der Waals surface area (Å²) in [4.78, 5) is 0. The summed E-state index contributed by atoms with van der Waals surface area (Å²) in [5.74, 6) is 0. The number of nitrogens with one attached hydrogen (secondary N) is 3. The summed E-state index contributed by atoms with van der Waals surface area (Å²) in [5, 5.41) is 11.6. The Morgan fingerprint density at radius 3 is 2.91 bits per heavy atom. The minimum absolute atomic E-state index is 0.474. The first-order chi connectivity index (χ1) is 5.31. The summed E-state index contributed by atoms with van der Waals surface area (Å²) in [5.41, 5.74) is 5.53. The van der Waals surface area contributed by atoms with Gasteiger partial charge in [0.1, 0.15) is 0 Å². The monoisotopic (exact) mass is 172 g/mol. The number of thiocarbonyl (C=S) groups is 1. The lowest BCUT2D eigenvalue weighted by Gasteiger charge is -2.07. The molecule has 0 fully saturated rings. The maximum atomic E-state index is 8.17. The fourth-order valence-electron chi connectivity index (χ4n) is 0.466. The predicted molar refractivity (Wildman–Crippen MR) is 47.6 cm³/mol. The maximum absolute atomic E-state index is 8.17. The van der Waals surface area contributed by atoms with E-state index in [1.54, 1.807) is 0 Å². The quantitative estimate of drug-likeness (QED) is 0.314. The van der Waals surface area contributed by atoms with Crippen molar-refractivity contribution in [3.05, 3.63) is 0 Å². The molecular formula is C6H12N4S. The summed E-state index contributed by atoms with van der Waals surface area (Å²) in [6.45, 7) is 3.36. The smallest absolute Gasteiger partial charge is 0.180 e. The second-order valence-corrected chi connectivity index (χ2v) is 2.23. The van der Waals surface area contributed by atoms with Crippen LogP contribution in [0.5, 0.6) is 0 Å². The molecule has 0 aromatic carbocycles. The van der Waals surface area contributed by atoms with Crippen LogP contribution in [0.4, 0.5) is 0 Å². The number of nitriles is 1. The van der Waals surface area contributed by atoms with Gasteiger partial charge in [0.05, 0.1) is 6.07 Å². The molecule has 3 N–H and O–H groups in total. The normalized spacial score (nSPS) is 8.36. The highest BCUT2D eigenvalue weighted by atomic mass is 32.1. The van der Waals surface area contributed by atoms with Crippen LogP contribution in [0.15, 0.2) is 0 Å². The van der Waals surface area contributed by atoms with Crippen molar-refractivity contribution in [2.45, 2.75) is 13.3 Å². The van der Waals surface area contributed by atoms with E-state index in [2.05, 4.69) is 16.2 Å². The summed E-state index contributed by atoms with van der Waals surface area (Å²) in [6.07, 6.45) is 0.474. The topological polar surface area (TPSA) is 59.9 Å². The molecule has 62 valence electrons. The standard InChI is InChI=1S/C6H12N4S/c1-2-8-6(11)10-9-5-3-4-7/h9H,2-3,5H2,1H3,(H2,8,10,11). The van der Waals surface area contributed by atoms with Gasteiger partial charge in [0.15, 0.2) is 5.11 Å². The average Bonchev–Trinajstić information content (AvgIpc) is 1.99. The first-order valence-corrected chi connectivity index (χ1v) is 3.85. The van der Waals surface area contributed by atoms with Crippen LogP contribution < -0.4 is 16.2 Å². The molecule has 0 aliphatic carbocycles. The van der Waals surface area contributed by atoms with Gasteiger partial charge in [0.2, 0.25) is 0 Å². The van der Waals surface area contributed by atoms with Crippen molar-refractivity contribution in [2.24, 2.45) is 0 Å². The van der Waals surface area contributed by atoms with Crippen molar-refractivity contribution in [3.63, 3.8) is 0 Å². The van der Waals surface area contributed by atoms with Crippen LogP contribution in [-0.4, -0.2) is 18.2 Å². The molecule has 0 atom stereocenters. The van der Waals surface area contributed by atoms with E-state index in [0.29, 0.717) is 18.1 Å². The van der Waals surface area contributed by atoms with E-state index in [1.807, 2.05) is 13.0 Å². The minimum atomic E-state index is 0.474. The molecule has 0 aliphatic heterocycles. The van der Waals surface area contributed by atoms with Gasteiger partial charge in [0, 0.05) is 19.5 Å². The summed E-state index contributed by atoms with van der Waals surface area (Å²) < 4.78 is 0. The molecular weight excluding hydrogens is 160 g/mol. The fraction of sp³-hybridized carbons (Fsp3) is 0.667. The second-order valence-electron chi connectivity index (χ2n) is 1.82. The van der Waals surface area contributed by atoms with Gasteiger partial charge < -0.3 is 5.32 Å². The van der Waals surface area contributed by atoms with Gasteiger partial charge >= 0.3 is 0 Å². The van der Waals surface area contributed by atoms with Crippen LogP contribution in [0.2, 0.25) is 0 Å². The number of nitrogens with zero attached hydrogens (tertiary/aromatic N) is 1. The van der Waals surface area contributed by atoms with Crippen LogP contribution in [0, 0.1) is 11.3 Å². The Labute approximate surface area is 71.9 Å². The van der Waals surface area contributed by atoms with E-state index in [1.165, 1.54) is 0 Å². The van der Waals surface area contributed by atoms with Crippen molar-refractivity contribution in [3.8, 4) is 6.07 Å². The van der Waals surface area contributed by atoms with Gasteiger partial charge in [-0.15, -0.1) is 0 Å². The molecule has 0 heterocycles. The molecule has 0 saturated heterocycles. The van der Waals surface area contributed by atoms with Crippen LogP contribution in [0.1, 0.15) is 13.3 Å². The van der Waals surface area contributed by atoms with Gasteiger partial charge in [0.25, 0.3) is 0 Å². The van der Waals surface area contributed by atoms with Gasteiger partial charge in [-0.1, -0.05) is 0 Å². The van der Waals surface area contributed by atoms with E-state index >= 15 is 0 Å². The third-order valence-electron chi connectivity index (χ3n) is 0.901. The molecule has 0 rings (SSSR count). The first kappa shape index (κ1) is 10.1. The van der Waals surface area contributed by atoms with Crippen LogP contribution in [0.25, 0.3) is 0 Å². The third kappa shape index (κ3) is 7.03. The Morgan fingerprint density at radius 1 is 1.64 bits per heavy atom. The van der Waals surface area contributed by atoms with Crippen molar-refractivity contribution in [1.82, 2.24) is 16.2 Å². The Morgan fingerprint density at radius 2 is 2.36 bits per heavy atom. The van der Waals surface area contributed by atoms with Crippen molar-refractivity contribution >= 4 is 17.3 Å². The highest BCUT2D eigenvalue weighted by Gasteiger charge is 1.88. The van der Waals surface area contributed by atoms with E-state index in [4.69, 9.17) is 17.5 Å². The number of rotatable bonds is 4. The van der Waals surface area contributed by atoms with E-state index in [9.17, 15) is 0 Å². The largest absolute Gasteiger partial charge is 0.362 e. The molecule has 0 aromatic rings. The molecule has 0 amide bonds. The van der Waals surface area contributed by atoms with E-state index in [-0.39, 0.29) is 0 Å². The summed E-state index contributed by atoms with van der Waals surface area (Å²) >= 11 is 4.84. The van der Waals surface area contributed by atoms with Gasteiger partial charge in [-0.2, -0.15) is 5.26 Å². The lowest BCUT2D eigenvalue weighted by atomic mass is 10.5. The number of hydrogen-bond acceptors (Lipinski definition) is 3. The van der Waals surface area contributed by atoms with E-state index in [0.717, 1.165) is 6.54 Å². The van der Waals surface area contributed by atoms with Crippen molar-refractivity contribution < 1.29 is 0 Å². The summed E-state index contributed by atoms with van der Waals surface area (Å²) in [7, 11) is 0. The fourth-order valence-corrected chi connectivity index (χ4v) is 0.682. The van der Waals surface area contributed by atoms with Gasteiger partial charge in [-0.05, 0) is 19.1 Å². The first-order valence-electron chi connectivity index (χ1n) is 3.45.